The summed E-state index contributed by atoms with van der Waals surface area (Å²) in [5.74, 6) is 1.41. The number of nitrogens with one attached hydrogen (secondary N) is 1. The molecule has 1 fully saturated rings. The highest BCUT2D eigenvalue weighted by molar-refractivity contribution is 5.88. The van der Waals surface area contributed by atoms with Crippen LogP contribution in [0.15, 0.2) is 39.5 Å². The summed E-state index contributed by atoms with van der Waals surface area (Å²) in [5.41, 5.74) is 4.27. The fraction of sp³-hybridized carbons (Fsp3) is 0.385. The van der Waals surface area contributed by atoms with Crippen LogP contribution < -0.4 is 10.3 Å². The Kier molecular flexibility index (Phi) is 5.25. The molecule has 0 atom stereocenters. The molecule has 3 heterocycles. The molecule has 0 spiro atoms. The minimum atomic E-state index is -0.0910. The largest absolute Gasteiger partial charge is 0.507 e. The summed E-state index contributed by atoms with van der Waals surface area (Å²) in [6, 6.07) is 9.66. The van der Waals surface area contributed by atoms with Gasteiger partial charge in [0.05, 0.1) is 35.1 Å². The molecule has 2 aromatic heterocycles. The molecule has 0 unspecified atom stereocenters. The number of hydrogen-bond donors (Lipinski definition) is 2. The molecular formula is C26H30N3O3+. The van der Waals surface area contributed by atoms with Gasteiger partial charge in [-0.15, -0.1) is 0 Å². The van der Waals surface area contributed by atoms with E-state index in [2.05, 4.69) is 0 Å². The van der Waals surface area contributed by atoms with E-state index in [1.165, 1.54) is 24.2 Å². The Balaban J connectivity index is 1.74. The Hall–Kier alpha value is -3.12. The highest BCUT2D eigenvalue weighted by Crippen LogP contribution is 2.33. The van der Waals surface area contributed by atoms with Gasteiger partial charge >= 0.3 is 0 Å². The average molecular weight is 433 g/mol. The quantitative estimate of drug-likeness (QED) is 0.518. The molecule has 2 aromatic carbocycles. The van der Waals surface area contributed by atoms with E-state index >= 15 is 0 Å². The summed E-state index contributed by atoms with van der Waals surface area (Å²) in [7, 11) is 1.92. The molecule has 4 aromatic rings. The van der Waals surface area contributed by atoms with Crippen molar-refractivity contribution in [2.24, 2.45) is 7.05 Å². The molecule has 0 saturated carbocycles. The molecule has 1 saturated heterocycles. The standard InChI is InChI=1S/C26H29N3O3/c1-4-17-14-18-24(31)22(26-27-20-10-6-7-11-21(20)28(26)3)16(2)32-25(18)19(23(17)30)15-29-12-8-5-9-13-29/h6-7,10-11,14,30H,4-5,8-9,12-13,15H2,1-3H3/p+1. The number of aromatic hydroxyl groups is 1. The van der Waals surface area contributed by atoms with E-state index in [9.17, 15) is 9.90 Å². The molecule has 1 aliphatic heterocycles. The molecule has 5 rings (SSSR count). The van der Waals surface area contributed by atoms with Crippen LogP contribution in [0.4, 0.5) is 0 Å². The molecule has 166 valence electrons. The number of imidazole rings is 1. The number of piperidine rings is 1. The van der Waals surface area contributed by atoms with Crippen molar-refractivity contribution in [3.63, 3.8) is 0 Å². The summed E-state index contributed by atoms with van der Waals surface area (Å²) in [4.78, 5) is 20.0. The first kappa shape index (κ1) is 20.8. The Morgan fingerprint density at radius 1 is 1.19 bits per heavy atom. The number of hydrogen-bond acceptors (Lipinski definition) is 4. The molecule has 0 bridgehead atoms. The maximum Gasteiger partial charge on any atom is 0.203 e. The van der Waals surface area contributed by atoms with E-state index in [1.807, 2.05) is 49.7 Å². The van der Waals surface area contributed by atoms with Crippen LogP contribution in [0.3, 0.4) is 0 Å². The second-order valence-electron chi connectivity index (χ2n) is 8.93. The maximum atomic E-state index is 13.8. The molecular weight excluding hydrogens is 402 g/mol. The molecule has 2 N–H and O–H groups in total. The Morgan fingerprint density at radius 2 is 1.94 bits per heavy atom. The number of rotatable bonds is 4. The number of nitrogens with zero attached hydrogens (tertiary/aromatic N) is 2. The molecule has 0 amide bonds. The van der Waals surface area contributed by atoms with Gasteiger partial charge in [-0.3, -0.25) is 4.79 Å². The van der Waals surface area contributed by atoms with Crippen molar-refractivity contribution in [2.75, 3.05) is 13.1 Å². The lowest BCUT2D eigenvalue weighted by Crippen LogP contribution is -3.11. The van der Waals surface area contributed by atoms with Crippen LogP contribution in [0.2, 0.25) is 0 Å². The van der Waals surface area contributed by atoms with E-state index in [-0.39, 0.29) is 11.2 Å². The van der Waals surface area contributed by atoms with E-state index in [0.29, 0.717) is 41.1 Å². The van der Waals surface area contributed by atoms with Gasteiger partial charge in [0.25, 0.3) is 0 Å². The van der Waals surface area contributed by atoms with Crippen molar-refractivity contribution in [1.29, 1.82) is 0 Å². The van der Waals surface area contributed by atoms with Crippen LogP contribution in [-0.2, 0) is 20.0 Å². The van der Waals surface area contributed by atoms with E-state index in [1.54, 1.807) is 6.07 Å². The van der Waals surface area contributed by atoms with Gasteiger partial charge < -0.3 is 19.0 Å². The van der Waals surface area contributed by atoms with Gasteiger partial charge in [0, 0.05) is 7.05 Å². The second kappa shape index (κ2) is 8.10. The van der Waals surface area contributed by atoms with Crippen LogP contribution in [0.1, 0.15) is 43.1 Å². The number of phenolic OH excluding ortho intramolecular Hbond substituents is 1. The third-order valence-corrected chi connectivity index (χ3v) is 6.89. The number of aryl methyl sites for hydroxylation is 3. The topological polar surface area (TPSA) is 72.7 Å². The summed E-state index contributed by atoms with van der Waals surface area (Å²) in [5, 5.41) is 11.6. The lowest BCUT2D eigenvalue weighted by atomic mass is 9.99. The third kappa shape index (κ3) is 3.30. The molecule has 1 aliphatic rings. The van der Waals surface area contributed by atoms with Gasteiger partial charge in [0.2, 0.25) is 5.43 Å². The summed E-state index contributed by atoms with van der Waals surface area (Å²) >= 11 is 0. The minimum Gasteiger partial charge on any atom is -0.507 e. The fourth-order valence-electron chi connectivity index (χ4n) is 5.10. The average Bonchev–Trinajstić information content (AvgIpc) is 3.13. The molecule has 32 heavy (non-hydrogen) atoms. The van der Waals surface area contributed by atoms with Crippen LogP contribution >= 0.6 is 0 Å². The van der Waals surface area contributed by atoms with Gasteiger partial charge in [-0.05, 0) is 56.4 Å². The first-order valence-electron chi connectivity index (χ1n) is 11.6. The fourth-order valence-corrected chi connectivity index (χ4v) is 5.10. The van der Waals surface area contributed by atoms with Crippen molar-refractivity contribution >= 4 is 22.0 Å². The van der Waals surface area contributed by atoms with Gasteiger partial charge in [-0.2, -0.15) is 0 Å². The highest BCUT2D eigenvalue weighted by atomic mass is 16.3. The predicted molar refractivity (Wildman–Crippen MR) is 126 cm³/mol. The van der Waals surface area contributed by atoms with Gasteiger partial charge in [-0.25, -0.2) is 4.98 Å². The van der Waals surface area contributed by atoms with E-state index in [4.69, 9.17) is 9.40 Å². The molecule has 0 radical (unpaired) electrons. The molecule has 0 aliphatic carbocycles. The molecule has 6 nitrogen and oxygen atoms in total. The van der Waals surface area contributed by atoms with Crippen molar-refractivity contribution < 1.29 is 14.4 Å². The lowest BCUT2D eigenvalue weighted by molar-refractivity contribution is -0.918. The number of quaternary nitrogens is 1. The smallest absolute Gasteiger partial charge is 0.203 e. The number of aromatic nitrogens is 2. The Labute approximate surface area is 187 Å². The summed E-state index contributed by atoms with van der Waals surface area (Å²) in [6.07, 6.45) is 4.31. The zero-order chi connectivity index (χ0) is 22.4. The molecule has 6 heteroatoms. The monoisotopic (exact) mass is 432 g/mol. The van der Waals surface area contributed by atoms with Crippen molar-refractivity contribution in [2.45, 2.75) is 46.1 Å². The number of para-hydroxylation sites is 2. The maximum absolute atomic E-state index is 13.8. The van der Waals surface area contributed by atoms with Crippen LogP contribution in [0.5, 0.6) is 5.75 Å². The van der Waals surface area contributed by atoms with Crippen LogP contribution in [0, 0.1) is 6.92 Å². The Bertz CT molecular complexity index is 1380. The van der Waals surface area contributed by atoms with Crippen LogP contribution in [-0.4, -0.2) is 27.7 Å². The SMILES string of the molecule is CCc1cc2c(=O)c(-c3nc4ccccc4n3C)c(C)oc2c(C[NH+]2CCCCC2)c1O. The number of fused-ring (bicyclic) bond motifs is 2. The first-order valence-corrected chi connectivity index (χ1v) is 11.6. The van der Waals surface area contributed by atoms with Crippen molar-refractivity contribution in [3.05, 3.63) is 57.4 Å². The zero-order valence-electron chi connectivity index (χ0n) is 19.0. The number of likely N-dealkylation sites (tertiary alicyclic amines) is 1. The van der Waals surface area contributed by atoms with Crippen molar-refractivity contribution in [1.82, 2.24) is 9.55 Å². The lowest BCUT2D eigenvalue weighted by Gasteiger charge is -2.24. The normalized spacial score (nSPS) is 15.1. The highest BCUT2D eigenvalue weighted by Gasteiger charge is 2.25. The summed E-state index contributed by atoms with van der Waals surface area (Å²) < 4.78 is 8.25. The van der Waals surface area contributed by atoms with E-state index < -0.39 is 0 Å². The minimum absolute atomic E-state index is 0.0910. The van der Waals surface area contributed by atoms with Crippen molar-refractivity contribution in [3.8, 4) is 17.1 Å². The van der Waals surface area contributed by atoms with Crippen LogP contribution in [0.25, 0.3) is 33.4 Å². The Morgan fingerprint density at radius 3 is 2.66 bits per heavy atom. The first-order chi connectivity index (χ1) is 15.5. The second-order valence-corrected chi connectivity index (χ2v) is 8.93. The van der Waals surface area contributed by atoms with Gasteiger partial charge in [0.1, 0.15) is 29.4 Å². The van der Waals surface area contributed by atoms with E-state index in [0.717, 1.165) is 35.2 Å². The number of phenols is 1. The van der Waals surface area contributed by atoms with Gasteiger partial charge in [0.15, 0.2) is 5.58 Å². The third-order valence-electron chi connectivity index (χ3n) is 6.89. The zero-order valence-corrected chi connectivity index (χ0v) is 19.0. The van der Waals surface area contributed by atoms with Gasteiger partial charge in [-0.1, -0.05) is 19.1 Å². The summed E-state index contributed by atoms with van der Waals surface area (Å²) in [6.45, 7) is 6.65. The predicted octanol–water partition coefficient (Wildman–Crippen LogP) is 3.49. The number of benzene rings is 2.